The molecule has 0 bridgehead atoms. The number of nitrogens with zero attached hydrogens (tertiary/aromatic N) is 5. The summed E-state index contributed by atoms with van der Waals surface area (Å²) in [5, 5.41) is 14.6. The Kier molecular flexibility index (Phi) is 7.71. The summed E-state index contributed by atoms with van der Waals surface area (Å²) in [6.45, 7) is 6.77. The maximum absolute atomic E-state index is 13.2. The van der Waals surface area contributed by atoms with Gasteiger partial charge in [-0.2, -0.15) is 0 Å². The van der Waals surface area contributed by atoms with E-state index < -0.39 is 0 Å². The van der Waals surface area contributed by atoms with Gasteiger partial charge >= 0.3 is 0 Å². The maximum Gasteiger partial charge on any atom is 0.219 e. The monoisotopic (exact) mass is 411 g/mol. The van der Waals surface area contributed by atoms with Crippen LogP contribution in [0.4, 0.5) is 4.39 Å². The average Bonchev–Trinajstić information content (AvgIpc) is 3.20. The molecule has 2 aromatic heterocycles. The van der Waals surface area contributed by atoms with E-state index in [4.69, 9.17) is 4.74 Å². The molecule has 0 saturated heterocycles. The fourth-order valence-electron chi connectivity index (χ4n) is 2.76. The minimum Gasteiger partial charge on any atom is -0.439 e. The van der Waals surface area contributed by atoms with E-state index in [1.807, 2.05) is 17.6 Å². The zero-order chi connectivity index (χ0) is 21.2. The number of rotatable bonds is 9. The first-order valence-corrected chi connectivity index (χ1v) is 9.95. The number of ether oxygens (including phenoxy) is 1. The second-order valence-electron chi connectivity index (χ2n) is 6.48. The molecule has 30 heavy (non-hydrogen) atoms. The van der Waals surface area contributed by atoms with Gasteiger partial charge in [-0.25, -0.2) is 14.4 Å². The second-order valence-corrected chi connectivity index (χ2v) is 6.48. The van der Waals surface area contributed by atoms with Gasteiger partial charge in [-0.3, -0.25) is 0 Å². The van der Waals surface area contributed by atoms with Crippen LogP contribution in [0.15, 0.2) is 53.9 Å². The van der Waals surface area contributed by atoms with Crippen molar-refractivity contribution in [2.45, 2.75) is 33.4 Å². The predicted octanol–water partition coefficient (Wildman–Crippen LogP) is 2.92. The van der Waals surface area contributed by atoms with Gasteiger partial charge in [0.15, 0.2) is 5.96 Å². The van der Waals surface area contributed by atoms with Gasteiger partial charge in [-0.1, -0.05) is 19.1 Å². The number of nitrogens with one attached hydrogen (secondary N) is 2. The van der Waals surface area contributed by atoms with Crippen LogP contribution < -0.4 is 15.4 Å². The van der Waals surface area contributed by atoms with E-state index in [1.165, 1.54) is 12.1 Å². The number of aliphatic imine (C=N–C) groups is 1. The molecule has 0 aliphatic rings. The first-order chi connectivity index (χ1) is 14.7. The van der Waals surface area contributed by atoms with Crippen molar-refractivity contribution < 1.29 is 9.13 Å². The van der Waals surface area contributed by atoms with Crippen molar-refractivity contribution in [1.29, 1.82) is 0 Å². The summed E-state index contributed by atoms with van der Waals surface area (Å²) in [4.78, 5) is 8.86. The van der Waals surface area contributed by atoms with E-state index in [2.05, 4.69) is 37.7 Å². The Hall–Kier alpha value is -3.49. The quantitative estimate of drug-likeness (QED) is 0.416. The third-order valence-corrected chi connectivity index (χ3v) is 4.24. The van der Waals surface area contributed by atoms with Crippen LogP contribution in [0.25, 0.3) is 0 Å². The number of hydrogen-bond acceptors (Lipinski definition) is 5. The van der Waals surface area contributed by atoms with Crippen LogP contribution in [0.3, 0.4) is 0 Å². The van der Waals surface area contributed by atoms with Crippen molar-refractivity contribution in [2.24, 2.45) is 4.99 Å². The molecule has 9 heteroatoms. The molecule has 3 rings (SSSR count). The highest BCUT2D eigenvalue weighted by molar-refractivity contribution is 5.79. The zero-order valence-corrected chi connectivity index (χ0v) is 17.2. The van der Waals surface area contributed by atoms with E-state index in [0.717, 1.165) is 36.9 Å². The molecule has 3 aromatic rings. The molecule has 2 N–H and O–H groups in total. The molecule has 0 amide bonds. The Morgan fingerprint density at radius 1 is 1.20 bits per heavy atom. The number of benzene rings is 1. The Morgan fingerprint density at radius 2 is 2.10 bits per heavy atom. The molecule has 0 saturated carbocycles. The lowest BCUT2D eigenvalue weighted by atomic mass is 10.3. The summed E-state index contributed by atoms with van der Waals surface area (Å²) in [7, 11) is 0. The van der Waals surface area contributed by atoms with E-state index in [-0.39, 0.29) is 5.82 Å². The van der Waals surface area contributed by atoms with E-state index >= 15 is 0 Å². The van der Waals surface area contributed by atoms with Crippen LogP contribution >= 0.6 is 0 Å². The number of guanidine groups is 1. The van der Waals surface area contributed by atoms with Gasteiger partial charge in [-0.05, 0) is 24.6 Å². The van der Waals surface area contributed by atoms with E-state index in [0.29, 0.717) is 24.7 Å². The summed E-state index contributed by atoms with van der Waals surface area (Å²) in [5.74, 6) is 2.15. The SMILES string of the molecule is CCNC(=NCc1ccc(Oc2cccc(F)c2)nc1)NCCn1cnnc1CC. The molecule has 158 valence electrons. The van der Waals surface area contributed by atoms with Gasteiger partial charge in [-0.15, -0.1) is 10.2 Å². The first kappa shape index (κ1) is 21.2. The Morgan fingerprint density at radius 3 is 2.83 bits per heavy atom. The lowest BCUT2D eigenvalue weighted by molar-refractivity contribution is 0.457. The van der Waals surface area contributed by atoms with Crippen molar-refractivity contribution >= 4 is 5.96 Å². The van der Waals surface area contributed by atoms with Gasteiger partial charge in [0.1, 0.15) is 23.7 Å². The van der Waals surface area contributed by atoms with Gasteiger partial charge in [0.2, 0.25) is 5.88 Å². The molecule has 0 aliphatic heterocycles. The van der Waals surface area contributed by atoms with Crippen LogP contribution in [-0.4, -0.2) is 38.8 Å². The number of hydrogen-bond donors (Lipinski definition) is 2. The molecular weight excluding hydrogens is 385 g/mol. The van der Waals surface area contributed by atoms with Crippen LogP contribution in [-0.2, 0) is 19.5 Å². The van der Waals surface area contributed by atoms with Crippen LogP contribution in [0.1, 0.15) is 25.2 Å². The fraction of sp³-hybridized carbons (Fsp3) is 0.333. The molecule has 0 aliphatic carbocycles. The maximum atomic E-state index is 13.2. The molecule has 0 unspecified atom stereocenters. The topological polar surface area (TPSA) is 89.3 Å². The molecule has 1 aromatic carbocycles. The lowest BCUT2D eigenvalue weighted by Gasteiger charge is -2.12. The second kappa shape index (κ2) is 10.9. The van der Waals surface area contributed by atoms with Gasteiger partial charge in [0.05, 0.1) is 6.54 Å². The highest BCUT2D eigenvalue weighted by Gasteiger charge is 2.04. The number of pyridine rings is 1. The van der Waals surface area contributed by atoms with Crippen molar-refractivity contribution in [1.82, 2.24) is 30.4 Å². The predicted molar refractivity (Wildman–Crippen MR) is 113 cm³/mol. The normalized spacial score (nSPS) is 11.4. The molecule has 8 nitrogen and oxygen atoms in total. The molecule has 0 radical (unpaired) electrons. The third kappa shape index (κ3) is 6.26. The highest BCUT2D eigenvalue weighted by Crippen LogP contribution is 2.20. The van der Waals surface area contributed by atoms with Gasteiger partial charge in [0, 0.05) is 44.4 Å². The van der Waals surface area contributed by atoms with Crippen LogP contribution in [0.2, 0.25) is 0 Å². The number of aryl methyl sites for hydroxylation is 1. The molecular formula is C21H26FN7O. The smallest absolute Gasteiger partial charge is 0.219 e. The van der Waals surface area contributed by atoms with E-state index in [9.17, 15) is 4.39 Å². The Labute approximate surface area is 175 Å². The third-order valence-electron chi connectivity index (χ3n) is 4.24. The van der Waals surface area contributed by atoms with Gasteiger partial charge in [0.25, 0.3) is 0 Å². The van der Waals surface area contributed by atoms with Crippen molar-refractivity contribution in [3.63, 3.8) is 0 Å². The van der Waals surface area contributed by atoms with Crippen molar-refractivity contribution in [2.75, 3.05) is 13.1 Å². The Bertz CT molecular complexity index is 956. The first-order valence-electron chi connectivity index (χ1n) is 9.95. The summed E-state index contributed by atoms with van der Waals surface area (Å²) in [6.07, 6.45) is 4.29. The van der Waals surface area contributed by atoms with Crippen molar-refractivity contribution in [3.05, 3.63) is 66.1 Å². The summed E-state index contributed by atoms with van der Waals surface area (Å²) < 4.78 is 20.8. The number of aromatic nitrogens is 4. The molecule has 2 heterocycles. The lowest BCUT2D eigenvalue weighted by Crippen LogP contribution is -2.38. The van der Waals surface area contributed by atoms with E-state index in [1.54, 1.807) is 30.7 Å². The Balaban J connectivity index is 1.53. The average molecular weight is 411 g/mol. The van der Waals surface area contributed by atoms with Crippen molar-refractivity contribution in [3.8, 4) is 11.6 Å². The van der Waals surface area contributed by atoms with Crippen LogP contribution in [0, 0.1) is 5.82 Å². The van der Waals surface area contributed by atoms with Gasteiger partial charge < -0.3 is 19.9 Å². The summed E-state index contributed by atoms with van der Waals surface area (Å²) >= 11 is 0. The highest BCUT2D eigenvalue weighted by atomic mass is 19.1. The number of halogens is 1. The minimum atomic E-state index is -0.350. The fourth-order valence-corrected chi connectivity index (χ4v) is 2.76. The molecule has 0 fully saturated rings. The standard InChI is InChI=1S/C21H26FN7O/c1-3-19-28-27-15-29(19)11-10-24-21(23-4-2)26-14-16-8-9-20(25-13-16)30-18-7-5-6-17(22)12-18/h5-9,12-13,15H,3-4,10-11,14H2,1-2H3,(H2,23,24,26). The molecule has 0 spiro atoms. The largest absolute Gasteiger partial charge is 0.439 e. The summed E-state index contributed by atoms with van der Waals surface area (Å²) in [6, 6.07) is 9.59. The molecule has 0 atom stereocenters. The van der Waals surface area contributed by atoms with Crippen LogP contribution in [0.5, 0.6) is 11.6 Å². The zero-order valence-electron chi connectivity index (χ0n) is 17.2. The summed E-state index contributed by atoms with van der Waals surface area (Å²) in [5.41, 5.74) is 0.936. The minimum absolute atomic E-state index is 0.350.